The minimum Gasteiger partial charge on any atom is -0.508 e. The first-order valence-corrected chi connectivity index (χ1v) is 12.9. The van der Waals surface area contributed by atoms with E-state index in [9.17, 15) is 15.0 Å². The van der Waals surface area contributed by atoms with E-state index in [1.807, 2.05) is 54.6 Å². The predicted molar refractivity (Wildman–Crippen MR) is 146 cm³/mol. The summed E-state index contributed by atoms with van der Waals surface area (Å²) >= 11 is 0. The Morgan fingerprint density at radius 3 is 2.03 bits per heavy atom. The van der Waals surface area contributed by atoms with E-state index in [1.54, 1.807) is 24.3 Å². The Hall–Kier alpha value is -4.09. The van der Waals surface area contributed by atoms with Crippen LogP contribution in [0.5, 0.6) is 11.5 Å². The van der Waals surface area contributed by atoms with Crippen molar-refractivity contribution in [3.05, 3.63) is 131 Å². The van der Waals surface area contributed by atoms with Gasteiger partial charge in [-0.2, -0.15) is 0 Å². The van der Waals surface area contributed by atoms with Gasteiger partial charge in [0.1, 0.15) is 11.5 Å². The summed E-state index contributed by atoms with van der Waals surface area (Å²) in [5, 5.41) is 21.9. The summed E-state index contributed by atoms with van der Waals surface area (Å²) < 4.78 is 0. The van der Waals surface area contributed by atoms with Crippen molar-refractivity contribution in [3.63, 3.8) is 0 Å². The Labute approximate surface area is 218 Å². The van der Waals surface area contributed by atoms with Gasteiger partial charge in [-0.1, -0.05) is 79.2 Å². The molecule has 4 aromatic carbocycles. The van der Waals surface area contributed by atoms with E-state index in [-0.39, 0.29) is 29.4 Å². The maximum absolute atomic E-state index is 13.8. The van der Waals surface area contributed by atoms with E-state index in [1.165, 1.54) is 5.56 Å². The number of carbonyl (C=O) groups is 1. The van der Waals surface area contributed by atoms with Crippen LogP contribution in [0.25, 0.3) is 0 Å². The molecule has 5 nitrogen and oxygen atoms in total. The average molecular weight is 493 g/mol. The molecule has 1 aliphatic heterocycles. The normalized spacial score (nSPS) is 16.0. The SMILES string of the molecule is O=C(NN1CCCCC1Cc1ccccc1)c1ccccc1C(c1ccc(O)cc1)c1ccc(O)cc1. The third kappa shape index (κ3) is 5.84. The number of carbonyl (C=O) groups excluding carboxylic acids is 1. The highest BCUT2D eigenvalue weighted by Gasteiger charge is 2.27. The van der Waals surface area contributed by atoms with Gasteiger partial charge in [0.15, 0.2) is 0 Å². The number of nitrogens with zero attached hydrogens (tertiary/aromatic N) is 1. The summed E-state index contributed by atoms with van der Waals surface area (Å²) in [6.45, 7) is 0.824. The number of aromatic hydroxyl groups is 2. The third-order valence-corrected chi connectivity index (χ3v) is 7.16. The number of hydrazine groups is 1. The second kappa shape index (κ2) is 11.3. The molecule has 0 bridgehead atoms. The molecule has 1 aliphatic rings. The minimum absolute atomic E-state index is 0.127. The zero-order chi connectivity index (χ0) is 25.6. The Bertz CT molecular complexity index is 1280. The summed E-state index contributed by atoms with van der Waals surface area (Å²) in [4.78, 5) is 13.8. The third-order valence-electron chi connectivity index (χ3n) is 7.16. The van der Waals surface area contributed by atoms with Crippen LogP contribution in [0.15, 0.2) is 103 Å². The van der Waals surface area contributed by atoms with Gasteiger partial charge < -0.3 is 10.2 Å². The molecule has 1 atom stereocenters. The lowest BCUT2D eigenvalue weighted by Crippen LogP contribution is -2.51. The lowest BCUT2D eigenvalue weighted by atomic mass is 9.82. The van der Waals surface area contributed by atoms with Crippen LogP contribution in [0.3, 0.4) is 0 Å². The highest BCUT2D eigenvalue weighted by Crippen LogP contribution is 2.35. The Kier molecular flexibility index (Phi) is 7.52. The summed E-state index contributed by atoms with van der Waals surface area (Å²) in [5.74, 6) is 0.00493. The van der Waals surface area contributed by atoms with Crippen LogP contribution in [-0.2, 0) is 6.42 Å². The zero-order valence-corrected chi connectivity index (χ0v) is 20.8. The lowest BCUT2D eigenvalue weighted by Gasteiger charge is -2.36. The van der Waals surface area contributed by atoms with Crippen molar-refractivity contribution in [1.29, 1.82) is 0 Å². The fourth-order valence-electron chi connectivity index (χ4n) is 5.28. The van der Waals surface area contributed by atoms with Crippen LogP contribution >= 0.6 is 0 Å². The molecule has 3 N–H and O–H groups in total. The second-order valence-corrected chi connectivity index (χ2v) is 9.68. The molecule has 37 heavy (non-hydrogen) atoms. The molecule has 0 saturated carbocycles. The predicted octanol–water partition coefficient (Wildman–Crippen LogP) is 6.02. The molecular formula is C32H32N2O3. The van der Waals surface area contributed by atoms with Crippen LogP contribution in [0.4, 0.5) is 0 Å². The van der Waals surface area contributed by atoms with Gasteiger partial charge in [-0.15, -0.1) is 0 Å². The van der Waals surface area contributed by atoms with E-state index in [0.717, 1.165) is 48.9 Å². The molecule has 1 saturated heterocycles. The number of phenolic OH excluding ortho intramolecular Hbond substituents is 2. The van der Waals surface area contributed by atoms with Crippen molar-refractivity contribution in [2.75, 3.05) is 6.54 Å². The number of hydrogen-bond acceptors (Lipinski definition) is 4. The largest absolute Gasteiger partial charge is 0.508 e. The number of piperidine rings is 1. The quantitative estimate of drug-likeness (QED) is 0.276. The van der Waals surface area contributed by atoms with E-state index < -0.39 is 0 Å². The molecular weight excluding hydrogens is 460 g/mol. The molecule has 1 unspecified atom stereocenters. The minimum atomic E-state index is -0.246. The molecule has 0 radical (unpaired) electrons. The van der Waals surface area contributed by atoms with Gasteiger partial charge in [-0.05, 0) is 71.8 Å². The van der Waals surface area contributed by atoms with Crippen molar-refractivity contribution in [1.82, 2.24) is 10.4 Å². The lowest BCUT2D eigenvalue weighted by molar-refractivity contribution is 0.0572. The average Bonchev–Trinajstić information content (AvgIpc) is 2.93. The van der Waals surface area contributed by atoms with Crippen LogP contribution in [0, 0.1) is 0 Å². The smallest absolute Gasteiger partial charge is 0.265 e. The number of hydrogen-bond donors (Lipinski definition) is 3. The number of rotatable bonds is 7. The van der Waals surface area contributed by atoms with Crippen molar-refractivity contribution < 1.29 is 15.0 Å². The number of benzene rings is 4. The van der Waals surface area contributed by atoms with Gasteiger partial charge in [0.2, 0.25) is 0 Å². The van der Waals surface area contributed by atoms with Crippen LogP contribution < -0.4 is 5.43 Å². The van der Waals surface area contributed by atoms with Gasteiger partial charge in [0.05, 0.1) is 0 Å². The topological polar surface area (TPSA) is 72.8 Å². The monoisotopic (exact) mass is 492 g/mol. The number of amides is 1. The zero-order valence-electron chi connectivity index (χ0n) is 20.8. The summed E-state index contributed by atoms with van der Waals surface area (Å²) in [6.07, 6.45) is 4.15. The van der Waals surface area contributed by atoms with E-state index >= 15 is 0 Å². The van der Waals surface area contributed by atoms with Crippen LogP contribution in [0.2, 0.25) is 0 Å². The highest BCUT2D eigenvalue weighted by atomic mass is 16.3. The maximum atomic E-state index is 13.8. The van der Waals surface area contributed by atoms with Gasteiger partial charge >= 0.3 is 0 Å². The Morgan fingerprint density at radius 1 is 0.784 bits per heavy atom. The summed E-state index contributed by atoms with van der Waals surface area (Å²) in [6, 6.07) is 32.5. The van der Waals surface area contributed by atoms with Crippen molar-refractivity contribution in [3.8, 4) is 11.5 Å². The molecule has 188 valence electrons. The fraction of sp³-hybridized carbons (Fsp3) is 0.219. The van der Waals surface area contributed by atoms with Crippen molar-refractivity contribution in [2.45, 2.75) is 37.6 Å². The first-order chi connectivity index (χ1) is 18.1. The van der Waals surface area contributed by atoms with E-state index in [2.05, 4.69) is 34.7 Å². The Morgan fingerprint density at radius 2 is 1.38 bits per heavy atom. The molecule has 5 rings (SSSR count). The molecule has 1 heterocycles. The molecule has 1 fully saturated rings. The molecule has 0 spiro atoms. The van der Waals surface area contributed by atoms with Crippen LogP contribution in [-0.4, -0.2) is 33.7 Å². The van der Waals surface area contributed by atoms with Crippen molar-refractivity contribution >= 4 is 5.91 Å². The molecule has 5 heteroatoms. The molecule has 1 amide bonds. The van der Waals surface area contributed by atoms with Gasteiger partial charge in [0, 0.05) is 24.1 Å². The van der Waals surface area contributed by atoms with Gasteiger partial charge in [-0.3, -0.25) is 10.2 Å². The highest BCUT2D eigenvalue weighted by molar-refractivity contribution is 5.96. The van der Waals surface area contributed by atoms with Crippen LogP contribution in [0.1, 0.15) is 57.8 Å². The standard InChI is InChI=1S/C32H32N2O3/c35-27-17-13-24(14-18-27)31(25-15-19-28(36)20-16-25)29-11-4-5-12-30(29)32(37)33-34-21-7-6-10-26(34)22-23-8-2-1-3-9-23/h1-5,8-9,11-20,26,31,35-36H,6-7,10,21-22H2,(H,33,37). The van der Waals surface area contributed by atoms with E-state index in [0.29, 0.717) is 5.56 Å². The van der Waals surface area contributed by atoms with Crippen molar-refractivity contribution in [2.24, 2.45) is 0 Å². The fourth-order valence-corrected chi connectivity index (χ4v) is 5.28. The Balaban J connectivity index is 1.46. The summed E-state index contributed by atoms with van der Waals surface area (Å²) in [7, 11) is 0. The van der Waals surface area contributed by atoms with Gasteiger partial charge in [-0.25, -0.2) is 5.01 Å². The molecule has 4 aromatic rings. The molecule has 0 aliphatic carbocycles. The first kappa shape index (κ1) is 24.6. The first-order valence-electron chi connectivity index (χ1n) is 12.9. The summed E-state index contributed by atoms with van der Waals surface area (Å²) in [5.41, 5.74) is 7.88. The van der Waals surface area contributed by atoms with Gasteiger partial charge in [0.25, 0.3) is 5.91 Å². The number of phenols is 2. The number of nitrogens with one attached hydrogen (secondary N) is 1. The molecule has 0 aromatic heterocycles. The second-order valence-electron chi connectivity index (χ2n) is 9.68. The van der Waals surface area contributed by atoms with E-state index in [4.69, 9.17) is 0 Å². The maximum Gasteiger partial charge on any atom is 0.265 e.